The van der Waals surface area contributed by atoms with Gasteiger partial charge in [-0.05, 0) is 37.8 Å². The molecule has 2 aromatic rings. The molecular formula is C20H24N2O4S. The van der Waals surface area contributed by atoms with Gasteiger partial charge in [-0.1, -0.05) is 18.2 Å². The molecule has 144 valence electrons. The molecule has 1 aromatic heterocycles. The number of oxazole rings is 1. The van der Waals surface area contributed by atoms with Gasteiger partial charge >= 0.3 is 5.97 Å². The molecule has 0 N–H and O–H groups in total. The Morgan fingerprint density at radius 3 is 2.78 bits per heavy atom. The van der Waals surface area contributed by atoms with Gasteiger partial charge in [-0.15, -0.1) is 11.8 Å². The molecule has 0 unspecified atom stereocenters. The highest BCUT2D eigenvalue weighted by Crippen LogP contribution is 2.30. The number of carbonyl (C=O) groups excluding carboxylic acids is 2. The summed E-state index contributed by atoms with van der Waals surface area (Å²) in [5, 5.41) is 0. The number of hydrogen-bond donors (Lipinski definition) is 0. The molecule has 6 nitrogen and oxygen atoms in total. The van der Waals surface area contributed by atoms with E-state index in [-0.39, 0.29) is 18.4 Å². The smallest absolute Gasteiger partial charge is 0.325 e. The lowest BCUT2D eigenvalue weighted by Gasteiger charge is -2.21. The summed E-state index contributed by atoms with van der Waals surface area (Å²) < 4.78 is 10.5. The van der Waals surface area contributed by atoms with Crippen molar-refractivity contribution in [2.75, 3.05) is 25.4 Å². The summed E-state index contributed by atoms with van der Waals surface area (Å²) in [6.45, 7) is 2.77. The van der Waals surface area contributed by atoms with Crippen LogP contribution in [0.15, 0.2) is 41.0 Å². The molecule has 0 radical (unpaired) electrons. The van der Waals surface area contributed by atoms with Crippen LogP contribution in [0.4, 0.5) is 0 Å². The van der Waals surface area contributed by atoms with Crippen LogP contribution in [0.5, 0.6) is 0 Å². The molecule has 27 heavy (non-hydrogen) atoms. The zero-order valence-electron chi connectivity index (χ0n) is 15.4. The van der Waals surface area contributed by atoms with E-state index in [1.54, 1.807) is 18.1 Å². The highest BCUT2D eigenvalue weighted by molar-refractivity contribution is 7.99. The van der Waals surface area contributed by atoms with Gasteiger partial charge in [-0.2, -0.15) is 0 Å². The molecule has 0 atom stereocenters. The maximum absolute atomic E-state index is 12.5. The minimum Gasteiger partial charge on any atom is -0.465 e. The average molecular weight is 388 g/mol. The molecule has 0 saturated heterocycles. The molecule has 1 aliphatic carbocycles. The maximum Gasteiger partial charge on any atom is 0.325 e. The second kappa shape index (κ2) is 9.60. The molecule has 0 bridgehead atoms. The van der Waals surface area contributed by atoms with Gasteiger partial charge < -0.3 is 14.1 Å². The zero-order chi connectivity index (χ0) is 19.1. The molecule has 1 fully saturated rings. The van der Waals surface area contributed by atoms with E-state index in [4.69, 9.17) is 9.15 Å². The van der Waals surface area contributed by atoms with Crippen LogP contribution in [0.2, 0.25) is 0 Å². The Bertz CT molecular complexity index is 758. The van der Waals surface area contributed by atoms with Crippen molar-refractivity contribution in [1.29, 1.82) is 0 Å². The number of carbonyl (C=O) groups is 2. The van der Waals surface area contributed by atoms with Crippen LogP contribution in [-0.2, 0) is 20.1 Å². The number of nitrogens with zero attached hydrogens (tertiary/aromatic N) is 2. The zero-order valence-corrected chi connectivity index (χ0v) is 16.2. The number of aromatic nitrogens is 1. The molecule has 1 aromatic carbocycles. The minimum absolute atomic E-state index is 0.0336. The fraction of sp³-hybridized carbons (Fsp3) is 0.450. The van der Waals surface area contributed by atoms with E-state index in [0.29, 0.717) is 36.5 Å². The number of esters is 1. The molecular weight excluding hydrogens is 364 g/mol. The van der Waals surface area contributed by atoms with Crippen molar-refractivity contribution < 1.29 is 18.7 Å². The van der Waals surface area contributed by atoms with Gasteiger partial charge in [0.2, 0.25) is 11.8 Å². The predicted molar refractivity (Wildman–Crippen MR) is 104 cm³/mol. The van der Waals surface area contributed by atoms with Gasteiger partial charge in [0.25, 0.3) is 0 Å². The van der Waals surface area contributed by atoms with Crippen molar-refractivity contribution in [3.8, 4) is 11.5 Å². The lowest BCUT2D eigenvalue weighted by Crippen LogP contribution is -2.39. The van der Waals surface area contributed by atoms with Gasteiger partial charge in [0.1, 0.15) is 12.8 Å². The van der Waals surface area contributed by atoms with E-state index < -0.39 is 0 Å². The van der Waals surface area contributed by atoms with Crippen LogP contribution >= 0.6 is 11.8 Å². The number of rotatable bonds is 10. The van der Waals surface area contributed by atoms with E-state index in [1.807, 2.05) is 30.3 Å². The Balaban J connectivity index is 1.48. The second-order valence-corrected chi connectivity index (χ2v) is 7.51. The first-order chi connectivity index (χ1) is 13.2. The SMILES string of the molecule is CCOC(=O)CN(CC1CC1)C(=O)CSCc1coc(-c2ccccc2)n1. The van der Waals surface area contributed by atoms with E-state index >= 15 is 0 Å². The number of amides is 1. The topological polar surface area (TPSA) is 72.6 Å². The number of hydrogen-bond acceptors (Lipinski definition) is 6. The van der Waals surface area contributed by atoms with Crippen molar-refractivity contribution in [3.05, 3.63) is 42.3 Å². The molecule has 1 saturated carbocycles. The third kappa shape index (κ3) is 6.13. The molecule has 1 aliphatic rings. The van der Waals surface area contributed by atoms with Crippen molar-refractivity contribution in [2.45, 2.75) is 25.5 Å². The van der Waals surface area contributed by atoms with E-state index in [0.717, 1.165) is 24.1 Å². The quantitative estimate of drug-likeness (QED) is 0.581. The Labute approximate surface area is 163 Å². The Morgan fingerprint density at radius 2 is 2.07 bits per heavy atom. The summed E-state index contributed by atoms with van der Waals surface area (Å²) in [7, 11) is 0. The van der Waals surface area contributed by atoms with Crippen molar-refractivity contribution in [2.24, 2.45) is 5.92 Å². The van der Waals surface area contributed by atoms with Crippen LogP contribution in [0.25, 0.3) is 11.5 Å². The van der Waals surface area contributed by atoms with E-state index in [1.165, 1.54) is 11.8 Å². The Hall–Kier alpha value is -2.28. The van der Waals surface area contributed by atoms with Gasteiger partial charge in [0, 0.05) is 17.9 Å². The Morgan fingerprint density at radius 1 is 1.30 bits per heavy atom. The number of thioether (sulfide) groups is 1. The predicted octanol–water partition coefficient (Wildman–Crippen LogP) is 3.38. The Kier molecular flexibility index (Phi) is 6.92. The summed E-state index contributed by atoms with van der Waals surface area (Å²) in [4.78, 5) is 30.4. The third-order valence-electron chi connectivity index (χ3n) is 4.20. The third-order valence-corrected chi connectivity index (χ3v) is 5.15. The van der Waals surface area contributed by atoms with Gasteiger partial charge in [0.05, 0.1) is 18.1 Å². The molecule has 1 amide bonds. The van der Waals surface area contributed by atoms with Gasteiger partial charge in [-0.25, -0.2) is 4.98 Å². The van der Waals surface area contributed by atoms with Crippen LogP contribution < -0.4 is 0 Å². The second-order valence-electron chi connectivity index (χ2n) is 6.53. The summed E-state index contributed by atoms with van der Waals surface area (Å²) in [6, 6.07) is 9.70. The molecule has 3 rings (SSSR count). The summed E-state index contributed by atoms with van der Waals surface area (Å²) >= 11 is 1.47. The largest absolute Gasteiger partial charge is 0.465 e. The number of ether oxygens (including phenoxy) is 1. The highest BCUT2D eigenvalue weighted by Gasteiger charge is 2.28. The van der Waals surface area contributed by atoms with E-state index in [9.17, 15) is 9.59 Å². The van der Waals surface area contributed by atoms with Crippen LogP contribution in [0.3, 0.4) is 0 Å². The van der Waals surface area contributed by atoms with E-state index in [2.05, 4.69) is 4.98 Å². The average Bonchev–Trinajstić information content (AvgIpc) is 3.36. The van der Waals surface area contributed by atoms with Gasteiger partial charge in [-0.3, -0.25) is 9.59 Å². The first-order valence-corrected chi connectivity index (χ1v) is 10.3. The van der Waals surface area contributed by atoms with Crippen molar-refractivity contribution in [3.63, 3.8) is 0 Å². The highest BCUT2D eigenvalue weighted by atomic mass is 32.2. The molecule has 0 aliphatic heterocycles. The first-order valence-electron chi connectivity index (χ1n) is 9.16. The summed E-state index contributed by atoms with van der Waals surface area (Å²) in [6.07, 6.45) is 3.88. The fourth-order valence-electron chi connectivity index (χ4n) is 2.65. The number of benzene rings is 1. The lowest BCUT2D eigenvalue weighted by atomic mass is 10.2. The summed E-state index contributed by atoms with van der Waals surface area (Å²) in [5.41, 5.74) is 1.72. The molecule has 7 heteroatoms. The first kappa shape index (κ1) is 19.5. The molecule has 1 heterocycles. The fourth-order valence-corrected chi connectivity index (χ4v) is 3.45. The monoisotopic (exact) mass is 388 g/mol. The van der Waals surface area contributed by atoms with Crippen molar-refractivity contribution in [1.82, 2.24) is 9.88 Å². The summed E-state index contributed by atoms with van der Waals surface area (Å²) in [5.74, 6) is 1.61. The maximum atomic E-state index is 12.5. The van der Waals surface area contributed by atoms with Crippen LogP contribution in [0.1, 0.15) is 25.5 Å². The van der Waals surface area contributed by atoms with Crippen LogP contribution in [0, 0.1) is 5.92 Å². The molecule has 0 spiro atoms. The van der Waals surface area contributed by atoms with Gasteiger partial charge in [0.15, 0.2) is 0 Å². The lowest BCUT2D eigenvalue weighted by molar-refractivity contribution is -0.148. The van der Waals surface area contributed by atoms with Crippen molar-refractivity contribution >= 4 is 23.6 Å². The minimum atomic E-state index is -0.347. The standard InChI is InChI=1S/C20H24N2O4S/c1-2-25-19(24)11-22(10-15-8-9-15)18(23)14-27-13-17-12-26-20(21-17)16-6-4-3-5-7-16/h3-7,12,15H,2,8-11,13-14H2,1H3. The van der Waals surface area contributed by atoms with Crippen LogP contribution in [-0.4, -0.2) is 47.2 Å². The normalized spacial score (nSPS) is 13.4.